The number of phenolic OH excluding ortho intramolecular Hbond substituents is 1. The number of phenols is 1. The minimum Gasteiger partial charge on any atom is -0.508 e. The largest absolute Gasteiger partial charge is 0.508 e. The lowest BCUT2D eigenvalue weighted by atomic mass is 10.0. The van der Waals surface area contributed by atoms with Gasteiger partial charge in [-0.1, -0.05) is 12.1 Å². The lowest BCUT2D eigenvalue weighted by Crippen LogP contribution is -2.11. The second-order valence-corrected chi connectivity index (χ2v) is 8.68. The number of hydrogen-bond donors (Lipinski definition) is 2. The first kappa shape index (κ1) is 21.7. The lowest BCUT2D eigenvalue weighted by Gasteiger charge is -2.16. The van der Waals surface area contributed by atoms with E-state index < -0.39 is 5.82 Å². The van der Waals surface area contributed by atoms with Gasteiger partial charge in [0, 0.05) is 35.1 Å². The highest BCUT2D eigenvalue weighted by Crippen LogP contribution is 2.39. The van der Waals surface area contributed by atoms with Crippen molar-refractivity contribution in [1.82, 2.24) is 29.1 Å². The molecule has 0 bridgehead atoms. The van der Waals surface area contributed by atoms with Crippen LogP contribution in [0.25, 0.3) is 39.2 Å². The Balaban J connectivity index is 1.64. The quantitative estimate of drug-likeness (QED) is 0.362. The summed E-state index contributed by atoms with van der Waals surface area (Å²) in [5.74, 6) is -0.563. The van der Waals surface area contributed by atoms with Crippen LogP contribution in [0.3, 0.4) is 0 Å². The predicted octanol–water partition coefficient (Wildman–Crippen LogP) is 5.15. The Morgan fingerprint density at radius 3 is 2.64 bits per heavy atom. The topological polar surface area (TPSA) is 107 Å². The monoisotopic (exact) mass is 479 g/mol. The number of anilines is 1. The number of nitrogens with zero attached hydrogens (tertiary/aromatic N) is 6. The fraction of sp³-hybridized carbons (Fsp3) is 0.111. The highest BCUT2D eigenvalue weighted by molar-refractivity contribution is 5.98. The van der Waals surface area contributed by atoms with Crippen LogP contribution in [0.1, 0.15) is 24.1 Å². The van der Waals surface area contributed by atoms with Crippen molar-refractivity contribution in [3.05, 3.63) is 90.3 Å². The third-order valence-corrected chi connectivity index (χ3v) is 6.51. The molecule has 36 heavy (non-hydrogen) atoms. The Morgan fingerprint density at radius 1 is 1.03 bits per heavy atom. The number of halogens is 1. The molecule has 0 amide bonds. The van der Waals surface area contributed by atoms with Gasteiger partial charge in [-0.05, 0) is 55.8 Å². The smallest absolute Gasteiger partial charge is 0.164 e. The van der Waals surface area contributed by atoms with E-state index in [-0.39, 0.29) is 17.6 Å². The summed E-state index contributed by atoms with van der Waals surface area (Å²) in [6.45, 7) is 4.11. The maximum Gasteiger partial charge on any atom is 0.164 e. The van der Waals surface area contributed by atoms with Crippen LogP contribution in [0.2, 0.25) is 0 Å². The molecule has 6 rings (SSSR count). The molecule has 0 aliphatic rings. The highest BCUT2D eigenvalue weighted by atomic mass is 19.1. The Kier molecular flexibility index (Phi) is 4.92. The van der Waals surface area contributed by atoms with E-state index in [4.69, 9.17) is 10.8 Å². The summed E-state index contributed by atoms with van der Waals surface area (Å²) in [7, 11) is 0. The number of fused-ring (bicyclic) bond motifs is 2. The van der Waals surface area contributed by atoms with Crippen LogP contribution in [0.4, 0.5) is 10.2 Å². The summed E-state index contributed by atoms with van der Waals surface area (Å²) in [6, 6.07) is 15.4. The molecular weight excluding hydrogens is 457 g/mol. The number of nitrogen functional groups attached to an aromatic ring is 1. The molecule has 178 valence electrons. The first-order chi connectivity index (χ1) is 17.4. The van der Waals surface area contributed by atoms with Gasteiger partial charge in [0.2, 0.25) is 0 Å². The van der Waals surface area contributed by atoms with Crippen molar-refractivity contribution in [2.24, 2.45) is 0 Å². The Labute approximate surface area is 205 Å². The highest BCUT2D eigenvalue weighted by Gasteiger charge is 2.27. The van der Waals surface area contributed by atoms with Gasteiger partial charge in [0.05, 0.1) is 22.8 Å². The van der Waals surface area contributed by atoms with Crippen molar-refractivity contribution < 1.29 is 9.50 Å². The number of benzene rings is 1. The first-order valence-corrected chi connectivity index (χ1v) is 11.4. The molecule has 0 aliphatic heterocycles. The van der Waals surface area contributed by atoms with E-state index in [1.54, 1.807) is 10.9 Å². The minimum absolute atomic E-state index is 0.205. The molecule has 0 fully saturated rings. The van der Waals surface area contributed by atoms with E-state index in [9.17, 15) is 9.50 Å². The molecule has 0 saturated carbocycles. The van der Waals surface area contributed by atoms with Gasteiger partial charge >= 0.3 is 0 Å². The lowest BCUT2D eigenvalue weighted by molar-refractivity contribution is 0.469. The third-order valence-electron chi connectivity index (χ3n) is 6.51. The van der Waals surface area contributed by atoms with Crippen molar-refractivity contribution in [2.45, 2.75) is 19.9 Å². The molecular formula is C27H22FN7O. The van der Waals surface area contributed by atoms with Crippen molar-refractivity contribution in [2.75, 3.05) is 5.73 Å². The number of aromatic hydroxyl groups is 1. The summed E-state index contributed by atoms with van der Waals surface area (Å²) in [5, 5.41) is 15.4. The minimum atomic E-state index is -0.580. The van der Waals surface area contributed by atoms with Gasteiger partial charge in [-0.2, -0.15) is 5.10 Å². The maximum absolute atomic E-state index is 14.2. The number of rotatable bonds is 4. The van der Waals surface area contributed by atoms with Crippen molar-refractivity contribution >= 4 is 22.4 Å². The Hall–Kier alpha value is -4.79. The molecule has 0 saturated heterocycles. The zero-order chi connectivity index (χ0) is 25.0. The Bertz CT molecular complexity index is 1740. The number of aryl methyl sites for hydroxylation is 1. The van der Waals surface area contributed by atoms with Crippen LogP contribution in [-0.2, 0) is 0 Å². The van der Waals surface area contributed by atoms with Crippen LogP contribution in [0.15, 0.2) is 73.3 Å². The van der Waals surface area contributed by atoms with E-state index in [0.717, 1.165) is 34.1 Å². The fourth-order valence-corrected chi connectivity index (χ4v) is 4.97. The molecule has 0 radical (unpaired) electrons. The zero-order valence-electron chi connectivity index (χ0n) is 19.6. The van der Waals surface area contributed by atoms with Crippen molar-refractivity contribution in [1.29, 1.82) is 0 Å². The molecule has 1 atom stereocenters. The second-order valence-electron chi connectivity index (χ2n) is 8.68. The van der Waals surface area contributed by atoms with Gasteiger partial charge in [-0.15, -0.1) is 0 Å². The average molecular weight is 480 g/mol. The molecule has 1 aromatic carbocycles. The number of hydrogen-bond acceptors (Lipinski definition) is 6. The van der Waals surface area contributed by atoms with Gasteiger partial charge in [0.1, 0.15) is 29.4 Å². The molecule has 6 aromatic rings. The molecule has 9 heteroatoms. The van der Waals surface area contributed by atoms with E-state index in [2.05, 4.69) is 32.3 Å². The maximum atomic E-state index is 14.2. The van der Waals surface area contributed by atoms with Crippen molar-refractivity contribution in [3.63, 3.8) is 0 Å². The van der Waals surface area contributed by atoms with Gasteiger partial charge < -0.3 is 15.2 Å². The molecule has 0 spiro atoms. The van der Waals surface area contributed by atoms with Crippen LogP contribution >= 0.6 is 0 Å². The SMILES string of the molecule is Cc1c(C(C)n2nc(-c3cc(O)cc(F)c3)c3c(N)ncnc32)c(-c2ccccn2)n2ccccc12. The van der Waals surface area contributed by atoms with Crippen LogP contribution in [-0.4, -0.2) is 34.2 Å². The predicted molar refractivity (Wildman–Crippen MR) is 136 cm³/mol. The third kappa shape index (κ3) is 3.28. The molecule has 1 unspecified atom stereocenters. The zero-order valence-corrected chi connectivity index (χ0v) is 19.6. The van der Waals surface area contributed by atoms with E-state index in [1.165, 1.54) is 18.5 Å². The summed E-state index contributed by atoms with van der Waals surface area (Å²) in [4.78, 5) is 13.3. The van der Waals surface area contributed by atoms with Crippen molar-refractivity contribution in [3.8, 4) is 28.4 Å². The van der Waals surface area contributed by atoms with Crippen LogP contribution < -0.4 is 5.73 Å². The first-order valence-electron chi connectivity index (χ1n) is 11.4. The van der Waals surface area contributed by atoms with E-state index in [0.29, 0.717) is 22.3 Å². The summed E-state index contributed by atoms with van der Waals surface area (Å²) >= 11 is 0. The number of pyridine rings is 2. The standard InChI is InChI=1S/C27H22FN7O/c1-15-21-8-4-6-10-34(21)25(20-7-3-5-9-30-20)22(15)16(2)35-27-23(26(29)31-14-32-27)24(33-35)17-11-18(28)13-19(36)12-17/h3-14,16,36H,1-2H3,(H2,29,31,32). The molecule has 5 aromatic heterocycles. The van der Waals surface area contributed by atoms with Gasteiger partial charge in [-0.25, -0.2) is 19.0 Å². The van der Waals surface area contributed by atoms with Gasteiger partial charge in [0.15, 0.2) is 5.65 Å². The Morgan fingerprint density at radius 2 is 1.86 bits per heavy atom. The van der Waals surface area contributed by atoms with Crippen LogP contribution in [0, 0.1) is 12.7 Å². The fourth-order valence-electron chi connectivity index (χ4n) is 4.97. The number of nitrogens with two attached hydrogens (primary N) is 1. The summed E-state index contributed by atoms with van der Waals surface area (Å²) in [5.41, 5.74) is 12.5. The molecule has 5 heterocycles. The second kappa shape index (κ2) is 8.16. The summed E-state index contributed by atoms with van der Waals surface area (Å²) < 4.78 is 18.1. The molecule has 3 N–H and O–H groups in total. The summed E-state index contributed by atoms with van der Waals surface area (Å²) in [6.07, 6.45) is 5.18. The van der Waals surface area contributed by atoms with Gasteiger partial charge in [-0.3, -0.25) is 4.98 Å². The molecule has 8 nitrogen and oxygen atoms in total. The normalized spacial score (nSPS) is 12.4. The van der Waals surface area contributed by atoms with Crippen LogP contribution in [0.5, 0.6) is 5.75 Å². The average Bonchev–Trinajstić information content (AvgIpc) is 3.41. The van der Waals surface area contributed by atoms with Gasteiger partial charge in [0.25, 0.3) is 0 Å². The van der Waals surface area contributed by atoms with E-state index >= 15 is 0 Å². The molecule has 0 aliphatic carbocycles. The van der Waals surface area contributed by atoms with E-state index in [1.807, 2.05) is 43.5 Å². The number of aromatic nitrogens is 6.